The normalized spacial score (nSPS) is 32.6. The number of rotatable bonds is 8. The number of allylic oxidation sites excluding steroid dienone is 1. The van der Waals surface area contributed by atoms with E-state index >= 15 is 0 Å². The molecule has 11 heteroatoms. The molecule has 47 heavy (non-hydrogen) atoms. The summed E-state index contributed by atoms with van der Waals surface area (Å²) in [6.07, 6.45) is 13.0. The summed E-state index contributed by atoms with van der Waals surface area (Å²) in [5, 5.41) is 12.2. The maximum absolute atomic E-state index is 14.9. The van der Waals surface area contributed by atoms with Crippen molar-refractivity contribution in [3.05, 3.63) is 58.6 Å². The van der Waals surface area contributed by atoms with Crippen molar-refractivity contribution in [3.63, 3.8) is 0 Å². The van der Waals surface area contributed by atoms with Gasteiger partial charge in [-0.25, -0.2) is 0 Å². The van der Waals surface area contributed by atoms with Crippen molar-refractivity contribution in [2.24, 2.45) is 11.8 Å². The highest BCUT2D eigenvalue weighted by Crippen LogP contribution is 2.59. The Hall–Kier alpha value is -3.02. The smallest absolute Gasteiger partial charge is 0.313 e. The van der Waals surface area contributed by atoms with E-state index in [9.17, 15) is 24.3 Å². The number of ether oxygens (including phenoxy) is 2. The van der Waals surface area contributed by atoms with Gasteiger partial charge in [0, 0.05) is 36.6 Å². The third kappa shape index (κ3) is 6.81. The fourth-order valence-electron chi connectivity index (χ4n) is 8.15. The molecule has 1 aliphatic carbocycles. The number of aliphatic hydroxyl groups excluding tert-OH is 1. The van der Waals surface area contributed by atoms with Crippen LogP contribution >= 0.6 is 15.9 Å². The molecule has 3 fully saturated rings. The van der Waals surface area contributed by atoms with Gasteiger partial charge in [-0.05, 0) is 43.7 Å². The van der Waals surface area contributed by atoms with E-state index < -0.39 is 41.7 Å². The van der Waals surface area contributed by atoms with Gasteiger partial charge < -0.3 is 29.7 Å². The highest BCUT2D eigenvalue weighted by Gasteiger charge is 2.75. The van der Waals surface area contributed by atoms with Crippen LogP contribution in [0, 0.1) is 11.8 Å². The number of nitrogens with zero attached hydrogens (tertiary/aromatic N) is 2. The first-order chi connectivity index (χ1) is 22.9. The largest absolute Gasteiger partial charge is 0.455 e. The summed E-state index contributed by atoms with van der Waals surface area (Å²) in [5.74, 6) is -3.06. The third-order valence-corrected chi connectivity index (χ3v) is 11.1. The Morgan fingerprint density at radius 2 is 1.72 bits per heavy atom. The lowest BCUT2D eigenvalue weighted by Gasteiger charge is -2.40. The van der Waals surface area contributed by atoms with Crippen molar-refractivity contribution in [2.45, 2.75) is 101 Å². The van der Waals surface area contributed by atoms with Crippen LogP contribution in [0.3, 0.4) is 0 Å². The number of halogens is 1. The van der Waals surface area contributed by atoms with Crippen LogP contribution < -0.4 is 5.32 Å². The molecule has 6 rings (SSSR count). The number of carbonyl (C=O) groups excluding carboxylic acids is 4. The third-order valence-electron chi connectivity index (χ3n) is 10.5. The predicted octanol–water partition coefficient (Wildman–Crippen LogP) is 4.32. The Bertz CT molecular complexity index is 1380. The molecule has 1 aromatic rings. The molecular formula is C36H46BrN3O7. The quantitative estimate of drug-likeness (QED) is 0.234. The maximum Gasteiger partial charge on any atom is 0.313 e. The number of benzene rings is 1. The Kier molecular flexibility index (Phi) is 10.8. The molecule has 0 unspecified atom stereocenters. The van der Waals surface area contributed by atoms with Crippen LogP contribution in [0.4, 0.5) is 0 Å². The molecule has 5 aliphatic rings. The molecule has 2 saturated heterocycles. The van der Waals surface area contributed by atoms with Crippen LogP contribution in [-0.2, 0) is 28.7 Å². The zero-order valence-corrected chi connectivity index (χ0v) is 28.4. The fraction of sp³-hybridized carbons (Fsp3) is 0.611. The fourth-order valence-corrected chi connectivity index (χ4v) is 8.89. The molecule has 254 valence electrons. The molecule has 2 N–H and O–H groups in total. The average molecular weight is 713 g/mol. The summed E-state index contributed by atoms with van der Waals surface area (Å²) in [7, 11) is 0. The highest BCUT2D eigenvalue weighted by atomic mass is 79.9. The summed E-state index contributed by atoms with van der Waals surface area (Å²) in [6.45, 7) is 0.933. The molecule has 5 bridgehead atoms. The van der Waals surface area contributed by atoms with Gasteiger partial charge in [-0.3, -0.25) is 19.2 Å². The topological polar surface area (TPSA) is 125 Å². The van der Waals surface area contributed by atoms with Crippen LogP contribution in [0.1, 0.15) is 82.3 Å². The lowest BCUT2D eigenvalue weighted by Crippen LogP contribution is -2.58. The second kappa shape index (κ2) is 15.0. The number of esters is 1. The Morgan fingerprint density at radius 3 is 2.49 bits per heavy atom. The first-order valence-corrected chi connectivity index (χ1v) is 18.1. The maximum atomic E-state index is 14.9. The number of carbonyl (C=O) groups is 4. The number of likely N-dealkylation sites (tertiary alicyclic amines) is 1. The van der Waals surface area contributed by atoms with E-state index in [2.05, 4.69) is 21.2 Å². The second-order valence-corrected chi connectivity index (χ2v) is 14.3. The predicted molar refractivity (Wildman–Crippen MR) is 178 cm³/mol. The van der Waals surface area contributed by atoms with E-state index in [0.717, 1.165) is 50.5 Å². The Morgan fingerprint density at radius 1 is 0.957 bits per heavy atom. The molecule has 3 amide bonds. The van der Waals surface area contributed by atoms with Gasteiger partial charge in [-0.1, -0.05) is 90.5 Å². The number of nitrogens with one attached hydrogen (secondary N) is 1. The number of amides is 3. The summed E-state index contributed by atoms with van der Waals surface area (Å²) in [4.78, 5) is 60.1. The number of unbranched alkanes of at least 4 members (excludes halogenated alkanes) is 3. The van der Waals surface area contributed by atoms with E-state index in [1.54, 1.807) is 4.90 Å². The number of hydrogen-bond acceptors (Lipinski definition) is 7. The number of hydrogen-bond donors (Lipinski definition) is 2. The van der Waals surface area contributed by atoms with E-state index in [4.69, 9.17) is 9.47 Å². The van der Waals surface area contributed by atoms with Gasteiger partial charge >= 0.3 is 5.97 Å². The zero-order chi connectivity index (χ0) is 33.0. The Labute approximate surface area is 285 Å². The lowest BCUT2D eigenvalue weighted by atomic mass is 9.74. The SMILES string of the molecule is O=C1CC/C=C\CN(C2CCCCC2)C(=O)[C@H]2N(CCCCCCO)C(=O)[C@@H]3[C@@H](C(=O)O[C@@H](c4ccccc4)CN1)[C@@H]1O[C@@]32C=C1Br. The zero-order valence-electron chi connectivity index (χ0n) is 26.9. The van der Waals surface area contributed by atoms with E-state index in [0.29, 0.717) is 36.8 Å². The minimum Gasteiger partial charge on any atom is -0.455 e. The van der Waals surface area contributed by atoms with Crippen LogP contribution in [-0.4, -0.2) is 88.6 Å². The van der Waals surface area contributed by atoms with Crippen molar-refractivity contribution in [1.29, 1.82) is 0 Å². The van der Waals surface area contributed by atoms with Gasteiger partial charge in [0.15, 0.2) is 0 Å². The molecule has 4 aliphatic heterocycles. The first kappa shape index (κ1) is 33.9. The molecule has 1 spiro atoms. The van der Waals surface area contributed by atoms with Crippen molar-refractivity contribution in [3.8, 4) is 0 Å². The van der Waals surface area contributed by atoms with Crippen molar-refractivity contribution < 1.29 is 33.8 Å². The van der Waals surface area contributed by atoms with Crippen LogP contribution in [0.5, 0.6) is 0 Å². The molecule has 6 atom stereocenters. The molecule has 10 nitrogen and oxygen atoms in total. The monoisotopic (exact) mass is 711 g/mol. The van der Waals surface area contributed by atoms with Crippen LogP contribution in [0.2, 0.25) is 0 Å². The van der Waals surface area contributed by atoms with Gasteiger partial charge in [0.1, 0.15) is 29.8 Å². The van der Waals surface area contributed by atoms with Crippen LogP contribution in [0.15, 0.2) is 53.0 Å². The Balaban J connectivity index is 1.39. The number of fused-ring (bicyclic) bond motifs is 2. The summed E-state index contributed by atoms with van der Waals surface area (Å²) in [5.41, 5.74) is -0.584. The van der Waals surface area contributed by atoms with E-state index in [-0.39, 0.29) is 43.3 Å². The summed E-state index contributed by atoms with van der Waals surface area (Å²) in [6, 6.07) is 8.36. The summed E-state index contributed by atoms with van der Waals surface area (Å²) >= 11 is 3.64. The van der Waals surface area contributed by atoms with E-state index in [1.165, 1.54) is 0 Å². The second-order valence-electron chi connectivity index (χ2n) is 13.4. The lowest BCUT2D eigenvalue weighted by molar-refractivity contribution is -0.160. The number of cyclic esters (lactones) is 1. The van der Waals surface area contributed by atoms with Gasteiger partial charge in [-0.2, -0.15) is 0 Å². The van der Waals surface area contributed by atoms with Crippen molar-refractivity contribution in [1.82, 2.24) is 15.1 Å². The highest BCUT2D eigenvalue weighted by molar-refractivity contribution is 9.11. The molecule has 0 radical (unpaired) electrons. The standard InChI is InChI=1S/C36H46BrN3O7/c37-26-22-36-30-29(31(26)47-36)35(45)46-27(24-14-6-3-7-15-24)23-38-28(42)18-10-5-12-19-39(25-16-8-4-9-17-25)34(44)32(36)40(33(30)43)20-11-1-2-13-21-41/h3,5-7,12,14-15,22,25,27,29-32,41H,1-2,4,8-11,13,16-21,23H2,(H,38,42)/b12-5-/t27-,29-,30+,31-,32-,36+/m1/s1. The van der Waals surface area contributed by atoms with E-state index in [1.807, 2.05) is 53.5 Å². The minimum absolute atomic E-state index is 0.0293. The van der Waals surface area contributed by atoms with Crippen molar-refractivity contribution in [2.75, 3.05) is 26.2 Å². The van der Waals surface area contributed by atoms with Gasteiger partial charge in [0.05, 0.1) is 12.5 Å². The molecule has 4 heterocycles. The molecule has 1 aromatic carbocycles. The van der Waals surface area contributed by atoms with Crippen molar-refractivity contribution >= 4 is 39.6 Å². The summed E-state index contributed by atoms with van der Waals surface area (Å²) < 4.78 is 13.5. The first-order valence-electron chi connectivity index (χ1n) is 17.3. The van der Waals surface area contributed by atoms with Gasteiger partial charge in [-0.15, -0.1) is 0 Å². The van der Waals surface area contributed by atoms with Gasteiger partial charge in [0.2, 0.25) is 17.7 Å². The molecule has 0 aromatic heterocycles. The van der Waals surface area contributed by atoms with Crippen LogP contribution in [0.25, 0.3) is 0 Å². The number of aliphatic hydroxyl groups is 1. The molecule has 1 saturated carbocycles. The minimum atomic E-state index is -1.31. The average Bonchev–Trinajstić information content (AvgIpc) is 3.67. The molecular weight excluding hydrogens is 666 g/mol. The van der Waals surface area contributed by atoms with Gasteiger partial charge in [0.25, 0.3) is 0 Å².